The van der Waals surface area contributed by atoms with Crippen LogP contribution in [0.3, 0.4) is 0 Å². The predicted octanol–water partition coefficient (Wildman–Crippen LogP) is 15.5. The second-order valence-corrected chi connectivity index (χ2v) is 23.2. The minimum absolute atomic E-state index is 0.149. The fraction of sp³-hybridized carbons (Fsp3) is 0.938. The van der Waals surface area contributed by atoms with E-state index in [4.69, 9.17) is 18.9 Å². The molecule has 0 atom stereocenters. The molecular formula is C65H126N4O8. The molecule has 77 heavy (non-hydrogen) atoms. The topological polar surface area (TPSA) is 118 Å². The summed E-state index contributed by atoms with van der Waals surface area (Å²) in [6.07, 6.45) is 49.0. The van der Waals surface area contributed by atoms with Crippen molar-refractivity contribution < 1.29 is 38.1 Å². The average molecular weight is 1090 g/mol. The number of nitrogens with zero attached hydrogens (tertiary/aromatic N) is 4. The number of rotatable bonds is 58. The Labute approximate surface area is 475 Å². The molecule has 0 bridgehead atoms. The Morgan fingerprint density at radius 1 is 0.338 bits per heavy atom. The van der Waals surface area contributed by atoms with E-state index in [1.807, 2.05) is 0 Å². The molecule has 0 saturated heterocycles. The molecular weight excluding hydrogens is 965 g/mol. The van der Waals surface area contributed by atoms with Crippen molar-refractivity contribution in [2.75, 3.05) is 99.4 Å². The van der Waals surface area contributed by atoms with Crippen LogP contribution < -0.4 is 0 Å². The monoisotopic (exact) mass is 1090 g/mol. The van der Waals surface area contributed by atoms with E-state index in [-0.39, 0.29) is 30.3 Å². The Bertz CT molecular complexity index is 1290. The first-order valence-corrected chi connectivity index (χ1v) is 33.1. The van der Waals surface area contributed by atoms with Crippen LogP contribution in [0, 0.1) is 0 Å². The molecule has 0 aliphatic heterocycles. The van der Waals surface area contributed by atoms with E-state index in [2.05, 4.69) is 47.4 Å². The number of carbonyl (C=O) groups excluding carboxylic acids is 4. The summed E-state index contributed by atoms with van der Waals surface area (Å²) in [5, 5.41) is 0. The molecule has 12 nitrogen and oxygen atoms in total. The van der Waals surface area contributed by atoms with Crippen molar-refractivity contribution in [3.8, 4) is 0 Å². The first-order chi connectivity index (χ1) is 37.7. The van der Waals surface area contributed by atoms with Gasteiger partial charge in [-0.3, -0.25) is 24.1 Å². The van der Waals surface area contributed by atoms with Gasteiger partial charge in [-0.05, 0) is 39.2 Å². The molecule has 1 saturated carbocycles. The molecule has 0 radical (unpaired) electrons. The molecule has 0 aromatic heterocycles. The van der Waals surface area contributed by atoms with Crippen molar-refractivity contribution in [3.63, 3.8) is 0 Å². The Morgan fingerprint density at radius 3 is 0.935 bits per heavy atom. The molecule has 0 aromatic carbocycles. The molecule has 1 fully saturated rings. The van der Waals surface area contributed by atoms with Crippen LogP contribution in [0.15, 0.2) is 0 Å². The summed E-state index contributed by atoms with van der Waals surface area (Å²) in [6.45, 7) is 15.5. The molecule has 0 unspecified atom stereocenters. The summed E-state index contributed by atoms with van der Waals surface area (Å²) < 4.78 is 22.1. The summed E-state index contributed by atoms with van der Waals surface area (Å²) >= 11 is 0. The third kappa shape index (κ3) is 48.2. The van der Waals surface area contributed by atoms with E-state index in [0.717, 1.165) is 77.8 Å². The summed E-state index contributed by atoms with van der Waals surface area (Å²) in [4.78, 5) is 60.6. The maximum atomic E-state index is 13.1. The van der Waals surface area contributed by atoms with Crippen LogP contribution in [-0.2, 0) is 38.1 Å². The summed E-state index contributed by atoms with van der Waals surface area (Å²) in [5.74, 6) is -0.709. The van der Waals surface area contributed by atoms with Crippen LogP contribution in [0.5, 0.6) is 0 Å². The number of esters is 4. The molecule has 0 heterocycles. The molecule has 1 aliphatic carbocycles. The van der Waals surface area contributed by atoms with Gasteiger partial charge < -0.3 is 33.6 Å². The number of carbonyl (C=O) groups is 4. The molecule has 1 rings (SSSR count). The molecule has 0 N–H and O–H groups in total. The number of hydrogen-bond acceptors (Lipinski definition) is 12. The molecule has 0 spiro atoms. The van der Waals surface area contributed by atoms with E-state index >= 15 is 0 Å². The van der Waals surface area contributed by atoms with Crippen LogP contribution >= 0.6 is 0 Å². The normalized spacial score (nSPS) is 13.1. The number of hydrogen-bond donors (Lipinski definition) is 0. The number of unbranched alkanes of at least 4 members (excludes halogenated alkanes) is 30. The maximum absolute atomic E-state index is 13.1. The lowest BCUT2D eigenvalue weighted by Gasteiger charge is -2.37. The van der Waals surface area contributed by atoms with Crippen molar-refractivity contribution in [1.29, 1.82) is 0 Å². The quantitative estimate of drug-likeness (QED) is 0.0328. The van der Waals surface area contributed by atoms with Crippen molar-refractivity contribution in [2.24, 2.45) is 0 Å². The standard InChI is InChI=1S/C65H126N4O8/c1-6-9-12-15-18-21-24-27-30-33-39-58-75-63(71)45-49-67(48-44-62(70)74-5)54-52-66(4)53-56-69(61-42-37-36-38-43-61)57-55-68(50-46-64(72)76-59-40-34-31-28-25-22-19-16-13-10-7-2)51-47-65(73)77-60-41-35-32-29-26-23-20-17-14-11-8-3/h61H,6-60H2,1-5H3. The van der Waals surface area contributed by atoms with Gasteiger partial charge >= 0.3 is 23.9 Å². The Morgan fingerprint density at radius 2 is 0.610 bits per heavy atom. The fourth-order valence-electron chi connectivity index (χ4n) is 10.8. The number of likely N-dealkylation sites (N-methyl/N-ethyl adjacent to an activating group) is 1. The Hall–Kier alpha value is -2.28. The largest absolute Gasteiger partial charge is 0.469 e. The van der Waals surface area contributed by atoms with Gasteiger partial charge in [-0.1, -0.05) is 233 Å². The average Bonchev–Trinajstić information content (AvgIpc) is 3.44. The lowest BCUT2D eigenvalue weighted by molar-refractivity contribution is -0.145. The Balaban J connectivity index is 2.71. The zero-order chi connectivity index (χ0) is 55.9. The predicted molar refractivity (Wildman–Crippen MR) is 322 cm³/mol. The van der Waals surface area contributed by atoms with Crippen molar-refractivity contribution in [3.05, 3.63) is 0 Å². The fourth-order valence-corrected chi connectivity index (χ4v) is 10.8. The molecule has 454 valence electrons. The van der Waals surface area contributed by atoms with E-state index in [0.29, 0.717) is 71.3 Å². The van der Waals surface area contributed by atoms with Gasteiger partial charge in [0.05, 0.1) is 52.6 Å². The summed E-state index contributed by atoms with van der Waals surface area (Å²) in [6, 6.07) is 0.512. The van der Waals surface area contributed by atoms with Crippen LogP contribution in [-0.4, -0.2) is 149 Å². The van der Waals surface area contributed by atoms with Gasteiger partial charge in [0.25, 0.3) is 0 Å². The first kappa shape index (κ1) is 72.7. The van der Waals surface area contributed by atoms with E-state index in [1.54, 1.807) is 0 Å². The van der Waals surface area contributed by atoms with Gasteiger partial charge in [0, 0.05) is 71.5 Å². The number of methoxy groups -OCH3 is 1. The highest BCUT2D eigenvalue weighted by atomic mass is 16.5. The minimum atomic E-state index is -0.243. The number of ether oxygens (including phenoxy) is 4. The Kier molecular flexibility index (Phi) is 52.5. The van der Waals surface area contributed by atoms with Crippen LogP contribution in [0.2, 0.25) is 0 Å². The van der Waals surface area contributed by atoms with E-state index in [1.165, 1.54) is 213 Å². The van der Waals surface area contributed by atoms with Crippen molar-refractivity contribution in [1.82, 2.24) is 19.6 Å². The van der Waals surface area contributed by atoms with Gasteiger partial charge in [-0.15, -0.1) is 0 Å². The SMILES string of the molecule is CCCCCCCCCCCCCOC(=O)CCN(CCC(=O)OC)CCN(C)CCN(CCN(CCC(=O)OCCCCCCCCCCCCC)CCC(=O)OCCCCCCCCCCCCC)C1CCCCC1. The smallest absolute Gasteiger partial charge is 0.307 e. The van der Waals surface area contributed by atoms with Gasteiger partial charge in [0.1, 0.15) is 0 Å². The molecule has 0 aromatic rings. The molecule has 1 aliphatic rings. The van der Waals surface area contributed by atoms with Crippen LogP contribution in [0.1, 0.15) is 290 Å². The van der Waals surface area contributed by atoms with Crippen LogP contribution in [0.25, 0.3) is 0 Å². The third-order valence-electron chi connectivity index (χ3n) is 16.2. The van der Waals surface area contributed by atoms with E-state index < -0.39 is 0 Å². The van der Waals surface area contributed by atoms with Gasteiger partial charge in [-0.2, -0.15) is 0 Å². The lowest BCUT2D eigenvalue weighted by Crippen LogP contribution is -2.46. The van der Waals surface area contributed by atoms with Gasteiger partial charge in [0.15, 0.2) is 0 Å². The molecule has 12 heteroatoms. The first-order valence-electron chi connectivity index (χ1n) is 33.1. The highest BCUT2D eigenvalue weighted by molar-refractivity contribution is 5.70. The molecule has 0 amide bonds. The summed E-state index contributed by atoms with van der Waals surface area (Å²) in [5.41, 5.74) is 0. The lowest BCUT2D eigenvalue weighted by atomic mass is 9.94. The van der Waals surface area contributed by atoms with E-state index in [9.17, 15) is 19.2 Å². The summed E-state index contributed by atoms with van der Waals surface area (Å²) in [7, 11) is 3.59. The zero-order valence-corrected chi connectivity index (χ0v) is 51.5. The second kappa shape index (κ2) is 55.6. The maximum Gasteiger partial charge on any atom is 0.307 e. The highest BCUT2D eigenvalue weighted by Gasteiger charge is 2.23. The van der Waals surface area contributed by atoms with Crippen molar-refractivity contribution in [2.45, 2.75) is 296 Å². The minimum Gasteiger partial charge on any atom is -0.469 e. The van der Waals surface area contributed by atoms with Gasteiger partial charge in [-0.25, -0.2) is 0 Å². The third-order valence-corrected chi connectivity index (χ3v) is 16.2. The highest BCUT2D eigenvalue weighted by Crippen LogP contribution is 2.23. The second-order valence-electron chi connectivity index (χ2n) is 23.2. The van der Waals surface area contributed by atoms with Crippen molar-refractivity contribution >= 4 is 23.9 Å². The zero-order valence-electron chi connectivity index (χ0n) is 51.5. The van der Waals surface area contributed by atoms with Gasteiger partial charge in [0.2, 0.25) is 0 Å². The van der Waals surface area contributed by atoms with Crippen LogP contribution in [0.4, 0.5) is 0 Å².